The van der Waals surface area contributed by atoms with Crippen LogP contribution < -0.4 is 15.4 Å². The Morgan fingerprint density at radius 1 is 1.50 bits per heavy atom. The summed E-state index contributed by atoms with van der Waals surface area (Å²) in [7, 11) is 1.67. The van der Waals surface area contributed by atoms with Gasteiger partial charge in [0, 0.05) is 6.54 Å². The van der Waals surface area contributed by atoms with Crippen molar-refractivity contribution >= 4 is 5.91 Å². The van der Waals surface area contributed by atoms with E-state index < -0.39 is 0 Å². The molecule has 1 heterocycles. The van der Waals surface area contributed by atoms with Crippen LogP contribution in [0, 0.1) is 6.92 Å². The Labute approximate surface area is 120 Å². The zero-order chi connectivity index (χ0) is 14.6. The number of amides is 1. The smallest absolute Gasteiger partial charge is 0.240 e. The first-order valence-corrected chi connectivity index (χ1v) is 7.28. The Morgan fingerprint density at radius 3 is 2.85 bits per heavy atom. The number of nitrogens with one attached hydrogen (secondary N) is 2. The van der Waals surface area contributed by atoms with Crippen molar-refractivity contribution in [2.24, 2.45) is 0 Å². The van der Waals surface area contributed by atoms with Gasteiger partial charge in [-0.3, -0.25) is 4.79 Å². The van der Waals surface area contributed by atoms with E-state index in [1.807, 2.05) is 19.1 Å². The van der Waals surface area contributed by atoms with Gasteiger partial charge in [0.1, 0.15) is 5.75 Å². The fourth-order valence-electron chi connectivity index (χ4n) is 2.86. The second-order valence-corrected chi connectivity index (χ2v) is 5.45. The van der Waals surface area contributed by atoms with Crippen molar-refractivity contribution in [3.05, 3.63) is 29.3 Å². The molecule has 20 heavy (non-hydrogen) atoms. The summed E-state index contributed by atoms with van der Waals surface area (Å²) in [5, 5.41) is 6.41. The van der Waals surface area contributed by atoms with Gasteiger partial charge in [0.05, 0.1) is 12.6 Å². The largest absolute Gasteiger partial charge is 0.496 e. The van der Waals surface area contributed by atoms with E-state index >= 15 is 0 Å². The van der Waals surface area contributed by atoms with E-state index in [4.69, 9.17) is 4.74 Å². The molecule has 0 aliphatic carbocycles. The van der Waals surface area contributed by atoms with Gasteiger partial charge in [0.15, 0.2) is 0 Å². The van der Waals surface area contributed by atoms with Gasteiger partial charge in [0.2, 0.25) is 5.91 Å². The molecule has 0 unspecified atom stereocenters. The summed E-state index contributed by atoms with van der Waals surface area (Å²) in [6.45, 7) is 5.57. The van der Waals surface area contributed by atoms with E-state index in [1.165, 1.54) is 0 Å². The second-order valence-electron chi connectivity index (χ2n) is 5.45. The Hall–Kier alpha value is -1.55. The summed E-state index contributed by atoms with van der Waals surface area (Å²) in [4.78, 5) is 12.4. The minimum absolute atomic E-state index is 0.117. The Kier molecular flexibility index (Phi) is 4.65. The maximum Gasteiger partial charge on any atom is 0.240 e. The molecule has 1 amide bonds. The lowest BCUT2D eigenvalue weighted by molar-refractivity contribution is -0.127. The van der Waals surface area contributed by atoms with Crippen LogP contribution in [-0.2, 0) is 11.3 Å². The number of carbonyl (C=O) groups excluding carboxylic acids is 1. The highest BCUT2D eigenvalue weighted by Gasteiger charge is 2.38. The van der Waals surface area contributed by atoms with Crippen LogP contribution in [0.1, 0.15) is 37.3 Å². The number of benzene rings is 1. The topological polar surface area (TPSA) is 50.4 Å². The molecule has 1 aliphatic rings. The highest BCUT2D eigenvalue weighted by molar-refractivity contribution is 5.86. The van der Waals surface area contributed by atoms with Gasteiger partial charge in [0.25, 0.3) is 0 Å². The van der Waals surface area contributed by atoms with Crippen molar-refractivity contribution in [1.82, 2.24) is 10.6 Å². The molecule has 0 bridgehead atoms. The predicted molar refractivity (Wildman–Crippen MR) is 79.8 cm³/mol. The first kappa shape index (κ1) is 14.9. The first-order chi connectivity index (χ1) is 9.61. The molecular weight excluding hydrogens is 252 g/mol. The molecule has 4 nitrogen and oxygen atoms in total. The van der Waals surface area contributed by atoms with E-state index in [0.29, 0.717) is 6.54 Å². The number of hydrogen-bond donors (Lipinski definition) is 2. The summed E-state index contributed by atoms with van der Waals surface area (Å²) < 4.78 is 5.24. The van der Waals surface area contributed by atoms with Crippen LogP contribution in [0.15, 0.2) is 18.2 Å². The van der Waals surface area contributed by atoms with Gasteiger partial charge < -0.3 is 15.4 Å². The van der Waals surface area contributed by atoms with Crippen molar-refractivity contribution in [1.29, 1.82) is 0 Å². The van der Waals surface area contributed by atoms with E-state index in [0.717, 1.165) is 42.7 Å². The number of ether oxygens (including phenoxy) is 1. The van der Waals surface area contributed by atoms with Gasteiger partial charge in [-0.25, -0.2) is 0 Å². The van der Waals surface area contributed by atoms with Crippen molar-refractivity contribution in [2.45, 2.75) is 45.2 Å². The number of carbonyl (C=O) groups is 1. The summed E-state index contributed by atoms with van der Waals surface area (Å²) in [6.07, 6.45) is 2.83. The third-order valence-electron chi connectivity index (χ3n) is 4.19. The van der Waals surface area contributed by atoms with Crippen LogP contribution in [0.4, 0.5) is 0 Å². The van der Waals surface area contributed by atoms with Crippen LogP contribution in [-0.4, -0.2) is 25.1 Å². The maximum absolute atomic E-state index is 12.4. The molecule has 2 N–H and O–H groups in total. The first-order valence-electron chi connectivity index (χ1n) is 7.28. The van der Waals surface area contributed by atoms with E-state index in [-0.39, 0.29) is 11.4 Å². The molecule has 1 atom stereocenters. The molecule has 0 radical (unpaired) electrons. The minimum atomic E-state index is -0.360. The second kappa shape index (κ2) is 6.27. The van der Waals surface area contributed by atoms with Gasteiger partial charge in [-0.15, -0.1) is 0 Å². The Morgan fingerprint density at radius 2 is 2.30 bits per heavy atom. The molecule has 4 heteroatoms. The summed E-state index contributed by atoms with van der Waals surface area (Å²) in [5.41, 5.74) is 1.82. The van der Waals surface area contributed by atoms with Crippen molar-refractivity contribution in [3.8, 4) is 5.75 Å². The fraction of sp³-hybridized carbons (Fsp3) is 0.562. The number of aryl methyl sites for hydroxylation is 1. The highest BCUT2D eigenvalue weighted by atomic mass is 16.5. The summed E-state index contributed by atoms with van der Waals surface area (Å²) in [6, 6.07) is 5.99. The average molecular weight is 276 g/mol. The van der Waals surface area contributed by atoms with Crippen LogP contribution in [0.25, 0.3) is 0 Å². The quantitative estimate of drug-likeness (QED) is 0.866. The molecule has 110 valence electrons. The standard InChI is InChI=1S/C16H24N2O2/c1-4-16(8-5-9-18-16)15(19)17-11-13-6-7-14(20-3)12(2)10-13/h6-7,10,18H,4-5,8-9,11H2,1-3H3,(H,17,19)/t16-/m0/s1. The molecule has 1 saturated heterocycles. The van der Waals surface area contributed by atoms with Crippen LogP contribution >= 0.6 is 0 Å². The van der Waals surface area contributed by atoms with Gasteiger partial charge in [-0.2, -0.15) is 0 Å². The summed E-state index contributed by atoms with van der Waals surface area (Å²) >= 11 is 0. The van der Waals surface area contributed by atoms with Crippen LogP contribution in [0.2, 0.25) is 0 Å². The van der Waals surface area contributed by atoms with E-state index in [1.54, 1.807) is 7.11 Å². The molecule has 0 aromatic heterocycles. The number of methoxy groups -OCH3 is 1. The summed E-state index contributed by atoms with van der Waals surface area (Å²) in [5.74, 6) is 0.994. The van der Waals surface area contributed by atoms with Crippen LogP contribution in [0.3, 0.4) is 0 Å². The Balaban J connectivity index is 1.98. The lowest BCUT2D eigenvalue weighted by atomic mass is 9.93. The lowest BCUT2D eigenvalue weighted by Crippen LogP contribution is -2.52. The molecular formula is C16H24N2O2. The van der Waals surface area contributed by atoms with E-state index in [2.05, 4.69) is 23.6 Å². The van der Waals surface area contributed by atoms with Gasteiger partial charge in [-0.05, 0) is 49.9 Å². The Bertz CT molecular complexity index is 479. The van der Waals surface area contributed by atoms with Crippen molar-refractivity contribution < 1.29 is 9.53 Å². The monoisotopic (exact) mass is 276 g/mol. The minimum Gasteiger partial charge on any atom is -0.496 e. The van der Waals surface area contributed by atoms with Crippen molar-refractivity contribution in [3.63, 3.8) is 0 Å². The van der Waals surface area contributed by atoms with Crippen molar-refractivity contribution in [2.75, 3.05) is 13.7 Å². The molecule has 1 aliphatic heterocycles. The van der Waals surface area contributed by atoms with Gasteiger partial charge in [-0.1, -0.05) is 19.1 Å². The zero-order valence-corrected chi connectivity index (χ0v) is 12.6. The molecule has 1 aromatic carbocycles. The predicted octanol–water partition coefficient (Wildman–Crippen LogP) is 2.15. The fourth-order valence-corrected chi connectivity index (χ4v) is 2.86. The normalized spacial score (nSPS) is 21.8. The SMILES string of the molecule is CC[C@@]1(C(=O)NCc2ccc(OC)c(C)c2)CCCN1. The molecule has 0 saturated carbocycles. The third-order valence-corrected chi connectivity index (χ3v) is 4.19. The average Bonchev–Trinajstić information content (AvgIpc) is 2.95. The van der Waals surface area contributed by atoms with E-state index in [9.17, 15) is 4.79 Å². The molecule has 0 spiro atoms. The third kappa shape index (κ3) is 2.96. The number of hydrogen-bond acceptors (Lipinski definition) is 3. The lowest BCUT2D eigenvalue weighted by Gasteiger charge is -2.26. The molecule has 1 fully saturated rings. The molecule has 2 rings (SSSR count). The van der Waals surface area contributed by atoms with Gasteiger partial charge >= 0.3 is 0 Å². The molecule has 1 aromatic rings. The van der Waals surface area contributed by atoms with Crippen LogP contribution in [0.5, 0.6) is 5.75 Å². The zero-order valence-electron chi connectivity index (χ0n) is 12.6. The maximum atomic E-state index is 12.4. The highest BCUT2D eigenvalue weighted by Crippen LogP contribution is 2.23. The number of rotatable bonds is 5.